The molecule has 128 valence electrons. The zero-order valence-corrected chi connectivity index (χ0v) is 13.9. The van der Waals surface area contributed by atoms with Crippen molar-refractivity contribution in [1.82, 2.24) is 5.32 Å². The topological polar surface area (TPSA) is 85.6 Å². The monoisotopic (exact) mass is 329 g/mol. The zero-order valence-electron chi connectivity index (χ0n) is 13.9. The summed E-state index contributed by atoms with van der Waals surface area (Å²) >= 11 is 0. The number of aliphatic hydroxyl groups excluding tert-OH is 1. The summed E-state index contributed by atoms with van der Waals surface area (Å²) in [6, 6.07) is 9.69. The average molecular weight is 329 g/mol. The van der Waals surface area contributed by atoms with E-state index in [1.165, 1.54) is 0 Å². The predicted octanol–water partition coefficient (Wildman–Crippen LogP) is 1.17. The van der Waals surface area contributed by atoms with Crippen molar-refractivity contribution in [3.8, 4) is 6.07 Å². The van der Waals surface area contributed by atoms with Crippen LogP contribution < -0.4 is 10.2 Å². The molecule has 1 aromatic carbocycles. The van der Waals surface area contributed by atoms with Crippen LogP contribution in [0.25, 0.3) is 6.08 Å². The molecule has 1 aromatic rings. The molecule has 0 spiro atoms. The highest BCUT2D eigenvalue weighted by Gasteiger charge is 2.12. The van der Waals surface area contributed by atoms with Gasteiger partial charge in [0.25, 0.3) is 5.91 Å². The first kappa shape index (κ1) is 18.0. The van der Waals surface area contributed by atoms with Gasteiger partial charge < -0.3 is 20.1 Å². The molecule has 0 bridgehead atoms. The second-order valence-corrected chi connectivity index (χ2v) is 5.86. The largest absolute Gasteiger partial charge is 0.396 e. The molecule has 2 N–H and O–H groups in total. The minimum atomic E-state index is -0.421. The molecule has 1 saturated heterocycles. The quantitative estimate of drug-likeness (QED) is 0.604. The van der Waals surface area contributed by atoms with Crippen molar-refractivity contribution in [2.75, 3.05) is 44.4 Å². The van der Waals surface area contributed by atoms with Gasteiger partial charge in [0.15, 0.2) is 0 Å². The number of morpholine rings is 1. The van der Waals surface area contributed by atoms with Crippen LogP contribution in [0.1, 0.15) is 12.5 Å². The molecule has 1 aliphatic rings. The molecule has 1 aliphatic heterocycles. The number of nitrogens with one attached hydrogen (secondary N) is 1. The fourth-order valence-corrected chi connectivity index (χ4v) is 2.34. The van der Waals surface area contributed by atoms with Crippen LogP contribution in [0, 0.1) is 17.2 Å². The van der Waals surface area contributed by atoms with Crippen LogP contribution in [0.3, 0.4) is 0 Å². The number of nitriles is 1. The maximum Gasteiger partial charge on any atom is 0.261 e. The third kappa shape index (κ3) is 5.08. The van der Waals surface area contributed by atoms with E-state index in [0.29, 0.717) is 6.54 Å². The maximum absolute atomic E-state index is 12.0. The molecule has 1 fully saturated rings. The minimum Gasteiger partial charge on any atom is -0.396 e. The molecule has 0 radical (unpaired) electrons. The van der Waals surface area contributed by atoms with Gasteiger partial charge in [0.2, 0.25) is 0 Å². The minimum absolute atomic E-state index is 0.00508. The number of carbonyl (C=O) groups excluding carboxylic acids is 1. The van der Waals surface area contributed by atoms with Gasteiger partial charge in [-0.1, -0.05) is 19.1 Å². The number of hydrogen-bond acceptors (Lipinski definition) is 5. The highest BCUT2D eigenvalue weighted by atomic mass is 16.5. The lowest BCUT2D eigenvalue weighted by Crippen LogP contribution is -2.36. The summed E-state index contributed by atoms with van der Waals surface area (Å²) in [6.45, 7) is 5.34. The highest BCUT2D eigenvalue weighted by Crippen LogP contribution is 2.18. The van der Waals surface area contributed by atoms with Crippen molar-refractivity contribution in [2.45, 2.75) is 6.92 Å². The molecule has 6 nitrogen and oxygen atoms in total. The van der Waals surface area contributed by atoms with E-state index in [1.54, 1.807) is 6.08 Å². The van der Waals surface area contributed by atoms with Gasteiger partial charge in [0.1, 0.15) is 11.6 Å². The second-order valence-electron chi connectivity index (χ2n) is 5.86. The number of rotatable bonds is 6. The number of hydrogen-bond donors (Lipinski definition) is 2. The number of benzene rings is 1. The second kappa shape index (κ2) is 9.06. The third-order valence-electron chi connectivity index (χ3n) is 3.87. The highest BCUT2D eigenvalue weighted by molar-refractivity contribution is 6.01. The number of ether oxygens (including phenoxy) is 1. The molecule has 1 unspecified atom stereocenters. The first-order chi connectivity index (χ1) is 11.6. The maximum atomic E-state index is 12.0. The lowest BCUT2D eigenvalue weighted by molar-refractivity contribution is -0.117. The molecule has 6 heteroatoms. The molecular formula is C18H23N3O3. The number of anilines is 1. The van der Waals surface area contributed by atoms with Gasteiger partial charge in [-0.25, -0.2) is 0 Å². The van der Waals surface area contributed by atoms with Crippen molar-refractivity contribution in [3.05, 3.63) is 35.4 Å². The van der Waals surface area contributed by atoms with Gasteiger partial charge in [-0.05, 0) is 29.7 Å². The van der Waals surface area contributed by atoms with E-state index in [-0.39, 0.29) is 18.1 Å². The van der Waals surface area contributed by atoms with E-state index in [2.05, 4.69) is 10.2 Å². The Hall–Kier alpha value is -2.36. The molecule has 2 rings (SSSR count). The summed E-state index contributed by atoms with van der Waals surface area (Å²) in [5.41, 5.74) is 1.96. The summed E-state index contributed by atoms with van der Waals surface area (Å²) in [7, 11) is 0. The summed E-state index contributed by atoms with van der Waals surface area (Å²) in [4.78, 5) is 14.2. The van der Waals surface area contributed by atoms with Crippen LogP contribution in [0.4, 0.5) is 5.69 Å². The lowest BCUT2D eigenvalue weighted by atomic mass is 10.1. The molecular weight excluding hydrogens is 306 g/mol. The van der Waals surface area contributed by atoms with Crippen LogP contribution in [-0.4, -0.2) is 50.5 Å². The van der Waals surface area contributed by atoms with Crippen LogP contribution >= 0.6 is 0 Å². The Morgan fingerprint density at radius 3 is 2.67 bits per heavy atom. The first-order valence-electron chi connectivity index (χ1n) is 8.07. The van der Waals surface area contributed by atoms with Crippen molar-refractivity contribution in [1.29, 1.82) is 5.26 Å². The van der Waals surface area contributed by atoms with Gasteiger partial charge in [-0.2, -0.15) is 5.26 Å². The van der Waals surface area contributed by atoms with Crippen molar-refractivity contribution >= 4 is 17.7 Å². The molecule has 1 atom stereocenters. The van der Waals surface area contributed by atoms with Crippen LogP contribution in [0.15, 0.2) is 29.8 Å². The smallest absolute Gasteiger partial charge is 0.261 e. The average Bonchev–Trinajstić information content (AvgIpc) is 2.65. The lowest BCUT2D eigenvalue weighted by Gasteiger charge is -2.28. The van der Waals surface area contributed by atoms with Crippen molar-refractivity contribution < 1.29 is 14.6 Å². The number of carbonyl (C=O) groups is 1. The predicted molar refractivity (Wildman–Crippen MR) is 92.3 cm³/mol. The van der Waals surface area contributed by atoms with Gasteiger partial charge >= 0.3 is 0 Å². The van der Waals surface area contributed by atoms with Crippen molar-refractivity contribution in [3.63, 3.8) is 0 Å². The van der Waals surface area contributed by atoms with E-state index in [4.69, 9.17) is 9.84 Å². The van der Waals surface area contributed by atoms with Crippen LogP contribution in [0.5, 0.6) is 0 Å². The Balaban J connectivity index is 2.02. The van der Waals surface area contributed by atoms with E-state index in [0.717, 1.165) is 37.6 Å². The SMILES string of the molecule is CC(CO)CNC(=O)/C(C#N)=C/c1ccc(N2CCOCC2)cc1. The first-order valence-corrected chi connectivity index (χ1v) is 8.07. The Labute approximate surface area is 142 Å². The summed E-state index contributed by atoms with van der Waals surface area (Å²) < 4.78 is 5.34. The standard InChI is InChI=1S/C18H23N3O3/c1-14(13-22)12-20-18(23)16(11-19)10-15-2-4-17(5-3-15)21-6-8-24-9-7-21/h2-5,10,14,22H,6-9,12-13H2,1H3,(H,20,23)/b16-10+. The third-order valence-corrected chi connectivity index (χ3v) is 3.87. The fraction of sp³-hybridized carbons (Fsp3) is 0.444. The Kier molecular flexibility index (Phi) is 6.79. The van der Waals surface area contributed by atoms with Gasteiger partial charge in [-0.3, -0.25) is 4.79 Å². The Morgan fingerprint density at radius 1 is 1.42 bits per heavy atom. The van der Waals surface area contributed by atoms with E-state index >= 15 is 0 Å². The summed E-state index contributed by atoms with van der Waals surface area (Å²) in [6.07, 6.45) is 1.57. The molecule has 1 heterocycles. The van der Waals surface area contributed by atoms with Gasteiger partial charge in [-0.15, -0.1) is 0 Å². The Bertz CT molecular complexity index is 613. The Morgan fingerprint density at radius 2 is 2.08 bits per heavy atom. The van der Waals surface area contributed by atoms with Gasteiger partial charge in [0.05, 0.1) is 13.2 Å². The summed E-state index contributed by atoms with van der Waals surface area (Å²) in [5.74, 6) is -0.461. The van der Waals surface area contributed by atoms with Crippen LogP contribution in [0.2, 0.25) is 0 Å². The van der Waals surface area contributed by atoms with Crippen LogP contribution in [-0.2, 0) is 9.53 Å². The summed E-state index contributed by atoms with van der Waals surface area (Å²) in [5, 5.41) is 20.8. The molecule has 0 aromatic heterocycles. The molecule has 0 saturated carbocycles. The fourth-order valence-electron chi connectivity index (χ4n) is 2.34. The zero-order chi connectivity index (χ0) is 17.4. The van der Waals surface area contributed by atoms with Crippen molar-refractivity contribution in [2.24, 2.45) is 5.92 Å². The van der Waals surface area contributed by atoms with E-state index in [9.17, 15) is 10.1 Å². The molecule has 1 amide bonds. The number of amides is 1. The van der Waals surface area contributed by atoms with E-state index < -0.39 is 5.91 Å². The molecule has 24 heavy (non-hydrogen) atoms. The normalized spacial score (nSPS) is 16.4. The van der Waals surface area contributed by atoms with E-state index in [1.807, 2.05) is 37.3 Å². The number of aliphatic hydroxyl groups is 1. The number of nitrogens with zero attached hydrogens (tertiary/aromatic N) is 2. The van der Waals surface area contributed by atoms with Gasteiger partial charge in [0, 0.05) is 31.9 Å². The molecule has 0 aliphatic carbocycles.